The summed E-state index contributed by atoms with van der Waals surface area (Å²) in [6.07, 6.45) is 4.88. The van der Waals surface area contributed by atoms with E-state index in [4.69, 9.17) is 4.74 Å². The first-order chi connectivity index (χ1) is 12.2. The summed E-state index contributed by atoms with van der Waals surface area (Å²) in [6, 6.07) is 0.380. The topological polar surface area (TPSA) is 126 Å². The molecule has 136 valence electrons. The highest BCUT2D eigenvalue weighted by Crippen LogP contribution is 2.32. The van der Waals surface area contributed by atoms with Gasteiger partial charge in [-0.05, 0) is 12.8 Å². The number of aliphatic hydroxyl groups is 3. The zero-order valence-corrected chi connectivity index (χ0v) is 13.8. The van der Waals surface area contributed by atoms with Crippen LogP contribution in [0.15, 0.2) is 12.7 Å². The molecular formula is C16H23N5O4. The third kappa shape index (κ3) is 2.97. The fourth-order valence-electron chi connectivity index (χ4n) is 3.69. The molecular weight excluding hydrogens is 326 g/mol. The van der Waals surface area contributed by atoms with Gasteiger partial charge in [0.05, 0.1) is 12.9 Å². The maximum atomic E-state index is 10.2. The Morgan fingerprint density at radius 1 is 1.12 bits per heavy atom. The van der Waals surface area contributed by atoms with E-state index in [1.165, 1.54) is 31.9 Å². The summed E-state index contributed by atoms with van der Waals surface area (Å²) >= 11 is 0. The van der Waals surface area contributed by atoms with Crippen molar-refractivity contribution in [3.63, 3.8) is 0 Å². The summed E-state index contributed by atoms with van der Waals surface area (Å²) in [7, 11) is 0. The van der Waals surface area contributed by atoms with Crippen LogP contribution in [0, 0.1) is 0 Å². The molecule has 1 aliphatic heterocycles. The van der Waals surface area contributed by atoms with Crippen LogP contribution >= 0.6 is 0 Å². The number of hydrogen-bond donors (Lipinski definition) is 4. The highest BCUT2D eigenvalue weighted by molar-refractivity contribution is 5.82. The second-order valence-electron chi connectivity index (χ2n) is 6.75. The van der Waals surface area contributed by atoms with E-state index in [0.29, 0.717) is 23.0 Å². The van der Waals surface area contributed by atoms with Gasteiger partial charge in [0, 0.05) is 6.04 Å². The van der Waals surface area contributed by atoms with Gasteiger partial charge in [-0.1, -0.05) is 19.3 Å². The quantitative estimate of drug-likeness (QED) is 0.616. The van der Waals surface area contributed by atoms with Crippen LogP contribution in [-0.2, 0) is 4.74 Å². The number of hydrogen-bond acceptors (Lipinski definition) is 8. The third-order valence-electron chi connectivity index (χ3n) is 5.10. The Kier molecular flexibility index (Phi) is 4.55. The molecule has 2 aliphatic rings. The Labute approximate surface area is 144 Å². The minimum Gasteiger partial charge on any atom is -0.394 e. The van der Waals surface area contributed by atoms with Crippen molar-refractivity contribution in [1.29, 1.82) is 0 Å². The van der Waals surface area contributed by atoms with Gasteiger partial charge in [-0.15, -0.1) is 0 Å². The van der Waals surface area contributed by atoms with Gasteiger partial charge in [0.2, 0.25) is 0 Å². The molecule has 1 saturated carbocycles. The minimum absolute atomic E-state index is 0.370. The van der Waals surface area contributed by atoms with E-state index in [9.17, 15) is 15.3 Å². The molecule has 1 saturated heterocycles. The monoisotopic (exact) mass is 349 g/mol. The average Bonchev–Trinajstić information content (AvgIpc) is 3.18. The molecule has 2 aromatic rings. The smallest absolute Gasteiger partial charge is 0.167 e. The average molecular weight is 349 g/mol. The fraction of sp³-hybridized carbons (Fsp3) is 0.688. The highest BCUT2D eigenvalue weighted by Gasteiger charge is 2.44. The minimum atomic E-state index is -1.17. The number of aliphatic hydroxyl groups excluding tert-OH is 3. The van der Waals surface area contributed by atoms with Gasteiger partial charge >= 0.3 is 0 Å². The third-order valence-corrected chi connectivity index (χ3v) is 5.10. The molecule has 25 heavy (non-hydrogen) atoms. The molecule has 3 heterocycles. The molecule has 0 spiro atoms. The summed E-state index contributed by atoms with van der Waals surface area (Å²) in [5.41, 5.74) is 1.12. The molecule has 0 radical (unpaired) electrons. The first-order valence-corrected chi connectivity index (χ1v) is 8.75. The number of nitrogens with one attached hydrogen (secondary N) is 1. The molecule has 9 nitrogen and oxygen atoms in total. The van der Waals surface area contributed by atoms with Crippen molar-refractivity contribution in [1.82, 2.24) is 19.5 Å². The number of rotatable bonds is 4. The van der Waals surface area contributed by atoms with Crippen LogP contribution in [0.1, 0.15) is 38.3 Å². The lowest BCUT2D eigenvalue weighted by atomic mass is 9.95. The van der Waals surface area contributed by atoms with Gasteiger partial charge in [0.1, 0.15) is 24.6 Å². The van der Waals surface area contributed by atoms with Crippen molar-refractivity contribution in [2.45, 2.75) is 62.7 Å². The van der Waals surface area contributed by atoms with E-state index in [1.807, 2.05) is 0 Å². The molecule has 4 N–H and O–H groups in total. The van der Waals surface area contributed by atoms with Gasteiger partial charge in [-0.3, -0.25) is 4.57 Å². The zero-order valence-electron chi connectivity index (χ0n) is 13.8. The van der Waals surface area contributed by atoms with E-state index in [1.54, 1.807) is 4.57 Å². The lowest BCUT2D eigenvalue weighted by Crippen LogP contribution is -2.33. The van der Waals surface area contributed by atoms with Crippen molar-refractivity contribution in [3.05, 3.63) is 12.7 Å². The predicted octanol–water partition coefficient (Wildman–Crippen LogP) is 0.182. The van der Waals surface area contributed by atoms with Gasteiger partial charge in [0.25, 0.3) is 0 Å². The maximum absolute atomic E-state index is 10.2. The van der Waals surface area contributed by atoms with Crippen molar-refractivity contribution >= 4 is 17.0 Å². The predicted molar refractivity (Wildman–Crippen MR) is 88.8 cm³/mol. The lowest BCUT2D eigenvalue weighted by Gasteiger charge is -2.23. The van der Waals surface area contributed by atoms with E-state index >= 15 is 0 Å². The van der Waals surface area contributed by atoms with Crippen molar-refractivity contribution in [2.75, 3.05) is 11.9 Å². The van der Waals surface area contributed by atoms with Gasteiger partial charge in [-0.2, -0.15) is 0 Å². The van der Waals surface area contributed by atoms with Crippen LogP contribution in [0.25, 0.3) is 11.2 Å². The van der Waals surface area contributed by atoms with Crippen molar-refractivity contribution in [2.24, 2.45) is 0 Å². The fourth-order valence-corrected chi connectivity index (χ4v) is 3.69. The van der Waals surface area contributed by atoms with E-state index in [2.05, 4.69) is 20.3 Å². The Morgan fingerprint density at radius 2 is 1.92 bits per heavy atom. The van der Waals surface area contributed by atoms with Crippen LogP contribution in [-0.4, -0.2) is 65.8 Å². The largest absolute Gasteiger partial charge is 0.394 e. The van der Waals surface area contributed by atoms with Crippen LogP contribution in [0.3, 0.4) is 0 Å². The zero-order chi connectivity index (χ0) is 17.4. The van der Waals surface area contributed by atoms with Crippen molar-refractivity contribution in [3.8, 4) is 0 Å². The molecule has 9 heteroatoms. The summed E-state index contributed by atoms with van der Waals surface area (Å²) in [4.78, 5) is 13.0. The van der Waals surface area contributed by atoms with Crippen LogP contribution < -0.4 is 5.32 Å². The number of anilines is 1. The maximum Gasteiger partial charge on any atom is 0.167 e. The van der Waals surface area contributed by atoms with Crippen LogP contribution in [0.4, 0.5) is 5.82 Å². The molecule has 4 atom stereocenters. The van der Waals surface area contributed by atoms with E-state index in [0.717, 1.165) is 12.8 Å². The summed E-state index contributed by atoms with van der Waals surface area (Å²) in [5, 5.41) is 32.9. The number of nitrogens with zero attached hydrogens (tertiary/aromatic N) is 4. The van der Waals surface area contributed by atoms with Crippen LogP contribution in [0.2, 0.25) is 0 Å². The molecule has 0 aromatic carbocycles. The summed E-state index contributed by atoms with van der Waals surface area (Å²) < 4.78 is 7.15. The summed E-state index contributed by atoms with van der Waals surface area (Å²) in [5.74, 6) is 0.669. The SMILES string of the molecule is OC[C@H]1O[C@@H](n2cnc3c(NC4CCCCC4)ncnc32)[C@@H](O)C1O. The number of imidazole rings is 1. The molecule has 0 bridgehead atoms. The van der Waals surface area contributed by atoms with Crippen LogP contribution in [0.5, 0.6) is 0 Å². The normalized spacial score (nSPS) is 30.8. The Balaban J connectivity index is 1.62. The van der Waals surface area contributed by atoms with Crippen molar-refractivity contribution < 1.29 is 20.1 Å². The number of aromatic nitrogens is 4. The molecule has 2 fully saturated rings. The molecule has 2 aromatic heterocycles. The number of fused-ring (bicyclic) bond motifs is 1. The standard InChI is InChI=1S/C16H23N5O4/c22-6-10-12(23)13(24)16(25-10)21-8-19-11-14(17-7-18-15(11)21)20-9-4-2-1-3-5-9/h7-10,12-13,16,22-24H,1-6H2,(H,17,18,20)/t10-,12?,13+,16-/m1/s1. The van der Waals surface area contributed by atoms with Gasteiger partial charge in [-0.25, -0.2) is 15.0 Å². The van der Waals surface area contributed by atoms with Gasteiger partial charge in [0.15, 0.2) is 23.2 Å². The Hall–Kier alpha value is -1.81. The highest BCUT2D eigenvalue weighted by atomic mass is 16.6. The molecule has 1 aliphatic carbocycles. The molecule has 4 rings (SSSR count). The number of ether oxygens (including phenoxy) is 1. The Bertz CT molecular complexity index is 732. The Morgan fingerprint density at radius 3 is 2.64 bits per heavy atom. The van der Waals surface area contributed by atoms with E-state index in [-0.39, 0.29) is 6.61 Å². The van der Waals surface area contributed by atoms with E-state index < -0.39 is 24.5 Å². The second kappa shape index (κ2) is 6.83. The second-order valence-corrected chi connectivity index (χ2v) is 6.75. The summed E-state index contributed by atoms with van der Waals surface area (Å²) in [6.45, 7) is -0.370. The first-order valence-electron chi connectivity index (χ1n) is 8.75. The molecule has 1 unspecified atom stereocenters. The molecule has 0 amide bonds. The lowest BCUT2D eigenvalue weighted by molar-refractivity contribution is -0.0511. The first kappa shape index (κ1) is 16.6. The van der Waals surface area contributed by atoms with Gasteiger partial charge < -0.3 is 25.4 Å².